The first-order valence-electron chi connectivity index (χ1n) is 7.36. The van der Waals surface area contributed by atoms with E-state index >= 15 is 0 Å². The molecule has 1 fully saturated rings. The largest absolute Gasteiger partial charge is 0.325 e. The molecule has 1 aliphatic carbocycles. The molecule has 0 bridgehead atoms. The number of benzene rings is 1. The van der Waals surface area contributed by atoms with Crippen LogP contribution in [0.15, 0.2) is 18.2 Å². The summed E-state index contributed by atoms with van der Waals surface area (Å²) < 4.78 is 0. The SMILES string of the molecule is Cc1c(Cl)cccc1NC(=O)CN[C@H]1CCCC[C@H]1C. The number of nitrogens with one attached hydrogen (secondary N) is 2. The number of carbonyl (C=O) groups excluding carboxylic acids is 1. The number of hydrogen-bond donors (Lipinski definition) is 2. The molecule has 3 nitrogen and oxygen atoms in total. The zero-order chi connectivity index (χ0) is 14.5. The Kier molecular flexibility index (Phi) is 5.44. The molecule has 20 heavy (non-hydrogen) atoms. The van der Waals surface area contributed by atoms with Crippen molar-refractivity contribution in [1.82, 2.24) is 5.32 Å². The second-order valence-electron chi connectivity index (χ2n) is 5.71. The van der Waals surface area contributed by atoms with Gasteiger partial charge < -0.3 is 10.6 Å². The van der Waals surface area contributed by atoms with Crippen LogP contribution in [0.5, 0.6) is 0 Å². The fraction of sp³-hybridized carbons (Fsp3) is 0.562. The summed E-state index contributed by atoms with van der Waals surface area (Å²) in [6.45, 7) is 4.53. The lowest BCUT2D eigenvalue weighted by Gasteiger charge is -2.29. The minimum absolute atomic E-state index is 0.00635. The molecule has 1 saturated carbocycles. The lowest BCUT2D eigenvalue weighted by Crippen LogP contribution is -2.41. The van der Waals surface area contributed by atoms with Crippen LogP contribution < -0.4 is 10.6 Å². The van der Waals surface area contributed by atoms with Crippen LogP contribution in [0.2, 0.25) is 5.02 Å². The summed E-state index contributed by atoms with van der Waals surface area (Å²) in [4.78, 5) is 12.0. The van der Waals surface area contributed by atoms with Gasteiger partial charge in [-0.15, -0.1) is 0 Å². The van der Waals surface area contributed by atoms with Crippen molar-refractivity contribution in [2.75, 3.05) is 11.9 Å². The van der Waals surface area contributed by atoms with E-state index in [1.807, 2.05) is 25.1 Å². The van der Waals surface area contributed by atoms with Gasteiger partial charge in [0.2, 0.25) is 5.91 Å². The second-order valence-corrected chi connectivity index (χ2v) is 6.12. The van der Waals surface area contributed by atoms with Crippen LogP contribution in [0.1, 0.15) is 38.2 Å². The van der Waals surface area contributed by atoms with Crippen molar-refractivity contribution in [1.29, 1.82) is 0 Å². The van der Waals surface area contributed by atoms with Gasteiger partial charge in [0.05, 0.1) is 6.54 Å². The number of amides is 1. The molecule has 1 aromatic rings. The van der Waals surface area contributed by atoms with Crippen LogP contribution in [0.25, 0.3) is 0 Å². The van der Waals surface area contributed by atoms with E-state index in [0.717, 1.165) is 11.3 Å². The van der Waals surface area contributed by atoms with Gasteiger partial charge >= 0.3 is 0 Å². The van der Waals surface area contributed by atoms with Gasteiger partial charge in [-0.1, -0.05) is 37.4 Å². The van der Waals surface area contributed by atoms with Crippen molar-refractivity contribution in [3.8, 4) is 0 Å². The molecule has 0 radical (unpaired) electrons. The van der Waals surface area contributed by atoms with Crippen LogP contribution in [0.3, 0.4) is 0 Å². The molecular formula is C16H23ClN2O. The predicted octanol–water partition coefficient (Wildman–Crippen LogP) is 3.76. The smallest absolute Gasteiger partial charge is 0.238 e. The van der Waals surface area contributed by atoms with Gasteiger partial charge in [0, 0.05) is 16.8 Å². The van der Waals surface area contributed by atoms with Gasteiger partial charge in [-0.25, -0.2) is 0 Å². The number of anilines is 1. The normalized spacial score (nSPS) is 22.6. The van der Waals surface area contributed by atoms with E-state index in [2.05, 4.69) is 17.6 Å². The molecule has 0 aromatic heterocycles. The highest BCUT2D eigenvalue weighted by atomic mass is 35.5. The number of carbonyl (C=O) groups is 1. The molecule has 0 unspecified atom stereocenters. The third-order valence-corrected chi connectivity index (χ3v) is 4.59. The van der Waals surface area contributed by atoms with Crippen LogP contribution in [-0.4, -0.2) is 18.5 Å². The molecule has 0 heterocycles. The third kappa shape index (κ3) is 3.97. The molecule has 1 aromatic carbocycles. The summed E-state index contributed by atoms with van der Waals surface area (Å²) in [6.07, 6.45) is 5.00. The van der Waals surface area contributed by atoms with E-state index in [0.29, 0.717) is 23.5 Å². The fourth-order valence-corrected chi connectivity index (χ4v) is 2.96. The van der Waals surface area contributed by atoms with E-state index in [1.165, 1.54) is 25.7 Å². The summed E-state index contributed by atoms with van der Waals surface area (Å²) >= 11 is 6.05. The molecule has 110 valence electrons. The molecule has 2 atom stereocenters. The third-order valence-electron chi connectivity index (χ3n) is 4.18. The van der Waals surface area contributed by atoms with E-state index < -0.39 is 0 Å². The van der Waals surface area contributed by atoms with E-state index in [9.17, 15) is 4.79 Å². The minimum Gasteiger partial charge on any atom is -0.325 e. The van der Waals surface area contributed by atoms with E-state index in [-0.39, 0.29) is 5.91 Å². The zero-order valence-electron chi connectivity index (χ0n) is 12.2. The number of halogens is 1. The van der Waals surface area contributed by atoms with Crippen molar-refractivity contribution in [3.05, 3.63) is 28.8 Å². The summed E-state index contributed by atoms with van der Waals surface area (Å²) in [5.41, 5.74) is 1.70. The summed E-state index contributed by atoms with van der Waals surface area (Å²) in [7, 11) is 0. The summed E-state index contributed by atoms with van der Waals surface area (Å²) in [6, 6.07) is 6.02. The standard InChI is InChI=1S/C16H23ClN2O/c1-11-6-3-4-8-14(11)18-10-16(20)19-15-9-5-7-13(17)12(15)2/h5,7,9,11,14,18H,3-4,6,8,10H2,1-2H3,(H,19,20)/t11-,14+/m1/s1. The van der Waals surface area contributed by atoms with Gasteiger partial charge in [0.15, 0.2) is 0 Å². The molecule has 4 heteroatoms. The predicted molar refractivity (Wildman–Crippen MR) is 84.2 cm³/mol. The first kappa shape index (κ1) is 15.3. The Bertz CT molecular complexity index is 476. The average Bonchev–Trinajstić information content (AvgIpc) is 2.43. The first-order chi connectivity index (χ1) is 9.58. The maximum Gasteiger partial charge on any atom is 0.238 e. The van der Waals surface area contributed by atoms with Crippen molar-refractivity contribution in [2.45, 2.75) is 45.6 Å². The summed E-state index contributed by atoms with van der Waals surface area (Å²) in [5, 5.41) is 6.98. The first-order valence-corrected chi connectivity index (χ1v) is 7.74. The van der Waals surface area contributed by atoms with Crippen molar-refractivity contribution >= 4 is 23.2 Å². The Labute approximate surface area is 126 Å². The van der Waals surface area contributed by atoms with Gasteiger partial charge in [0.25, 0.3) is 0 Å². The monoisotopic (exact) mass is 294 g/mol. The molecule has 1 aliphatic rings. The second kappa shape index (κ2) is 7.09. The van der Waals surface area contributed by atoms with E-state index in [1.54, 1.807) is 0 Å². The lowest BCUT2D eigenvalue weighted by molar-refractivity contribution is -0.115. The van der Waals surface area contributed by atoms with Crippen molar-refractivity contribution in [2.24, 2.45) is 5.92 Å². The van der Waals surface area contributed by atoms with Gasteiger partial charge in [-0.05, 0) is 43.4 Å². The molecule has 1 amide bonds. The van der Waals surface area contributed by atoms with Crippen LogP contribution in [-0.2, 0) is 4.79 Å². The Morgan fingerprint density at radius 1 is 1.35 bits per heavy atom. The molecular weight excluding hydrogens is 272 g/mol. The number of rotatable bonds is 4. The van der Waals surface area contributed by atoms with Crippen LogP contribution >= 0.6 is 11.6 Å². The molecule has 0 aliphatic heterocycles. The topological polar surface area (TPSA) is 41.1 Å². The Hall–Kier alpha value is -1.06. The molecule has 0 spiro atoms. The summed E-state index contributed by atoms with van der Waals surface area (Å²) in [5.74, 6) is 0.651. The highest BCUT2D eigenvalue weighted by molar-refractivity contribution is 6.31. The lowest BCUT2D eigenvalue weighted by atomic mass is 9.86. The number of hydrogen-bond acceptors (Lipinski definition) is 2. The highest BCUT2D eigenvalue weighted by Gasteiger charge is 2.21. The van der Waals surface area contributed by atoms with Crippen LogP contribution in [0, 0.1) is 12.8 Å². The van der Waals surface area contributed by atoms with Gasteiger partial charge in [-0.3, -0.25) is 4.79 Å². The van der Waals surface area contributed by atoms with Crippen molar-refractivity contribution < 1.29 is 4.79 Å². The van der Waals surface area contributed by atoms with Gasteiger partial charge in [-0.2, -0.15) is 0 Å². The molecule has 2 N–H and O–H groups in total. The minimum atomic E-state index is -0.00635. The van der Waals surface area contributed by atoms with Gasteiger partial charge in [0.1, 0.15) is 0 Å². The zero-order valence-corrected chi connectivity index (χ0v) is 13.0. The Morgan fingerprint density at radius 2 is 2.10 bits per heavy atom. The average molecular weight is 295 g/mol. The molecule has 2 rings (SSSR count). The van der Waals surface area contributed by atoms with Crippen LogP contribution in [0.4, 0.5) is 5.69 Å². The molecule has 0 saturated heterocycles. The maximum atomic E-state index is 12.0. The van der Waals surface area contributed by atoms with E-state index in [4.69, 9.17) is 11.6 Å². The Balaban J connectivity index is 1.85. The van der Waals surface area contributed by atoms with Crippen molar-refractivity contribution in [3.63, 3.8) is 0 Å². The highest BCUT2D eigenvalue weighted by Crippen LogP contribution is 2.24. The fourth-order valence-electron chi connectivity index (χ4n) is 2.78. The quantitative estimate of drug-likeness (QED) is 0.888. The Morgan fingerprint density at radius 3 is 2.85 bits per heavy atom. The maximum absolute atomic E-state index is 12.0.